The maximum Gasteiger partial charge on any atom is 0.161 e. The number of anilines is 1. The Morgan fingerprint density at radius 2 is 1.70 bits per heavy atom. The van der Waals surface area contributed by atoms with Gasteiger partial charge < -0.3 is 4.90 Å². The fourth-order valence-corrected chi connectivity index (χ4v) is 2.67. The summed E-state index contributed by atoms with van der Waals surface area (Å²) in [5, 5.41) is 0.454. The number of nitrogens with zero attached hydrogens (tertiary/aromatic N) is 3. The summed E-state index contributed by atoms with van der Waals surface area (Å²) in [7, 11) is 4.03. The van der Waals surface area contributed by atoms with Crippen molar-refractivity contribution in [3.8, 4) is 11.4 Å². The molecule has 0 N–H and O–H groups in total. The first kappa shape index (κ1) is 15.3. The van der Waals surface area contributed by atoms with Crippen LogP contribution >= 0.6 is 27.5 Å². The molecule has 0 fully saturated rings. The predicted octanol–water partition coefficient (Wildman–Crippen LogP) is 4.75. The molecule has 0 aliphatic rings. The summed E-state index contributed by atoms with van der Waals surface area (Å²) in [6, 6.07) is 8.12. The topological polar surface area (TPSA) is 29.0 Å². The van der Waals surface area contributed by atoms with Crippen molar-refractivity contribution in [2.24, 2.45) is 0 Å². The van der Waals surface area contributed by atoms with Crippen LogP contribution in [0.25, 0.3) is 11.4 Å². The van der Waals surface area contributed by atoms with Crippen LogP contribution in [0.5, 0.6) is 0 Å². The van der Waals surface area contributed by atoms with Gasteiger partial charge in [0.1, 0.15) is 5.15 Å². The second-order valence-corrected chi connectivity index (χ2v) is 6.28. The zero-order chi connectivity index (χ0) is 14.9. The van der Waals surface area contributed by atoms with E-state index in [1.54, 1.807) is 0 Å². The van der Waals surface area contributed by atoms with Crippen molar-refractivity contribution < 1.29 is 0 Å². The molecule has 1 aromatic carbocycles. The molecular weight excluding hydrogens is 338 g/mol. The molecule has 0 saturated heterocycles. The molecule has 0 amide bonds. The van der Waals surface area contributed by atoms with Crippen molar-refractivity contribution in [3.05, 3.63) is 39.6 Å². The number of benzene rings is 1. The Morgan fingerprint density at radius 3 is 2.20 bits per heavy atom. The fraction of sp³-hybridized carbons (Fsp3) is 0.333. The van der Waals surface area contributed by atoms with Gasteiger partial charge >= 0.3 is 0 Å². The quantitative estimate of drug-likeness (QED) is 0.745. The zero-order valence-corrected chi connectivity index (χ0v) is 14.3. The normalized spacial score (nSPS) is 10.9. The van der Waals surface area contributed by atoms with E-state index >= 15 is 0 Å². The Morgan fingerprint density at radius 1 is 1.10 bits per heavy atom. The lowest BCUT2D eigenvalue weighted by Gasteiger charge is -2.13. The first-order valence-corrected chi connectivity index (χ1v) is 7.58. The van der Waals surface area contributed by atoms with Crippen molar-refractivity contribution in [3.63, 3.8) is 0 Å². The summed E-state index contributed by atoms with van der Waals surface area (Å²) >= 11 is 9.64. The van der Waals surface area contributed by atoms with Gasteiger partial charge in [0, 0.05) is 25.3 Å². The van der Waals surface area contributed by atoms with Crippen LogP contribution in [-0.2, 0) is 0 Å². The maximum absolute atomic E-state index is 6.19. The van der Waals surface area contributed by atoms with Gasteiger partial charge in [0.15, 0.2) is 5.82 Å². The molecule has 0 unspecified atom stereocenters. The lowest BCUT2D eigenvalue weighted by atomic mass is 10.1. The lowest BCUT2D eigenvalue weighted by molar-refractivity contribution is 0.809. The highest BCUT2D eigenvalue weighted by molar-refractivity contribution is 9.10. The average molecular weight is 355 g/mol. The van der Waals surface area contributed by atoms with E-state index in [1.165, 1.54) is 0 Å². The van der Waals surface area contributed by atoms with Gasteiger partial charge in [-0.15, -0.1) is 0 Å². The molecule has 1 heterocycles. The summed E-state index contributed by atoms with van der Waals surface area (Å²) < 4.78 is 0.780. The summed E-state index contributed by atoms with van der Waals surface area (Å²) in [6.45, 7) is 4.17. The third-order valence-electron chi connectivity index (χ3n) is 3.03. The van der Waals surface area contributed by atoms with Gasteiger partial charge in [0.2, 0.25) is 0 Å². The maximum atomic E-state index is 6.19. The number of rotatable bonds is 3. The first-order chi connectivity index (χ1) is 9.40. The van der Waals surface area contributed by atoms with Gasteiger partial charge in [0.05, 0.1) is 10.2 Å². The van der Waals surface area contributed by atoms with E-state index in [1.807, 2.05) is 38.4 Å². The molecule has 0 aliphatic heterocycles. The Hall–Kier alpha value is -1.13. The lowest BCUT2D eigenvalue weighted by Crippen LogP contribution is -2.08. The molecule has 0 saturated carbocycles. The van der Waals surface area contributed by atoms with E-state index in [9.17, 15) is 0 Å². The average Bonchev–Trinajstić information content (AvgIpc) is 2.41. The van der Waals surface area contributed by atoms with E-state index in [0.717, 1.165) is 21.4 Å². The Bertz CT molecular complexity index is 609. The van der Waals surface area contributed by atoms with Crippen LogP contribution in [0, 0.1) is 0 Å². The highest BCUT2D eigenvalue weighted by Crippen LogP contribution is 2.31. The van der Waals surface area contributed by atoms with Crippen molar-refractivity contribution in [2.45, 2.75) is 19.8 Å². The van der Waals surface area contributed by atoms with Gasteiger partial charge in [-0.05, 0) is 46.1 Å². The van der Waals surface area contributed by atoms with Crippen molar-refractivity contribution in [1.82, 2.24) is 9.97 Å². The van der Waals surface area contributed by atoms with Gasteiger partial charge in [-0.1, -0.05) is 25.4 Å². The van der Waals surface area contributed by atoms with E-state index in [4.69, 9.17) is 11.6 Å². The highest BCUT2D eigenvalue weighted by Gasteiger charge is 2.14. The monoisotopic (exact) mass is 353 g/mol. The molecular formula is C15H17BrClN3. The molecule has 20 heavy (non-hydrogen) atoms. The molecule has 106 valence electrons. The smallest absolute Gasteiger partial charge is 0.161 e. The van der Waals surface area contributed by atoms with Crippen LogP contribution in [0.2, 0.25) is 5.15 Å². The molecule has 0 atom stereocenters. The molecule has 1 aromatic heterocycles. The van der Waals surface area contributed by atoms with E-state index in [0.29, 0.717) is 11.0 Å². The molecule has 0 radical (unpaired) electrons. The number of hydrogen-bond donors (Lipinski definition) is 0. The van der Waals surface area contributed by atoms with E-state index in [-0.39, 0.29) is 5.92 Å². The molecule has 0 aliphatic carbocycles. The Balaban J connectivity index is 2.47. The minimum absolute atomic E-state index is 0.282. The van der Waals surface area contributed by atoms with E-state index in [2.05, 4.69) is 44.6 Å². The van der Waals surface area contributed by atoms with Crippen LogP contribution in [0.15, 0.2) is 28.7 Å². The summed E-state index contributed by atoms with van der Waals surface area (Å²) in [5.41, 5.74) is 3.03. The molecule has 2 rings (SSSR count). The van der Waals surface area contributed by atoms with Crippen molar-refractivity contribution >= 4 is 33.2 Å². The van der Waals surface area contributed by atoms with Gasteiger partial charge in [-0.25, -0.2) is 9.97 Å². The highest BCUT2D eigenvalue weighted by atomic mass is 79.9. The third-order valence-corrected chi connectivity index (χ3v) is 4.31. The van der Waals surface area contributed by atoms with Gasteiger partial charge in [-0.2, -0.15) is 0 Å². The van der Waals surface area contributed by atoms with Crippen molar-refractivity contribution in [2.75, 3.05) is 19.0 Å². The molecule has 2 aromatic rings. The minimum atomic E-state index is 0.282. The molecule has 5 heteroatoms. The predicted molar refractivity (Wildman–Crippen MR) is 88.6 cm³/mol. The van der Waals surface area contributed by atoms with Crippen LogP contribution in [-0.4, -0.2) is 24.1 Å². The fourth-order valence-electron chi connectivity index (χ4n) is 1.86. The number of hydrogen-bond acceptors (Lipinski definition) is 3. The summed E-state index contributed by atoms with van der Waals surface area (Å²) in [4.78, 5) is 11.0. The standard InChI is InChI=1S/C15H17BrClN3/c1-9(2)13-12(16)14(17)19-15(18-13)10-5-7-11(8-6-10)20(3)4/h5-9H,1-4H3. The Labute approximate surface area is 133 Å². The second kappa shape index (κ2) is 6.10. The summed E-state index contributed by atoms with van der Waals surface area (Å²) in [5.74, 6) is 0.942. The number of aromatic nitrogens is 2. The van der Waals surface area contributed by atoms with Gasteiger partial charge in [-0.3, -0.25) is 0 Å². The molecule has 3 nitrogen and oxygen atoms in total. The van der Waals surface area contributed by atoms with Crippen LogP contribution in [0.3, 0.4) is 0 Å². The molecule has 0 spiro atoms. The first-order valence-electron chi connectivity index (χ1n) is 6.41. The largest absolute Gasteiger partial charge is 0.378 e. The summed E-state index contributed by atoms with van der Waals surface area (Å²) in [6.07, 6.45) is 0. The third kappa shape index (κ3) is 3.13. The van der Waals surface area contributed by atoms with Crippen LogP contribution in [0.4, 0.5) is 5.69 Å². The van der Waals surface area contributed by atoms with Crippen LogP contribution in [0.1, 0.15) is 25.5 Å². The second-order valence-electron chi connectivity index (χ2n) is 5.13. The zero-order valence-electron chi connectivity index (χ0n) is 12.0. The minimum Gasteiger partial charge on any atom is -0.378 e. The van der Waals surface area contributed by atoms with E-state index < -0.39 is 0 Å². The number of halogens is 2. The van der Waals surface area contributed by atoms with Gasteiger partial charge in [0.25, 0.3) is 0 Å². The van der Waals surface area contributed by atoms with Crippen LogP contribution < -0.4 is 4.90 Å². The SMILES string of the molecule is CC(C)c1nc(-c2ccc(N(C)C)cc2)nc(Cl)c1Br. The van der Waals surface area contributed by atoms with Crippen molar-refractivity contribution in [1.29, 1.82) is 0 Å². The Kier molecular flexibility index (Phi) is 4.66. The molecule has 0 bridgehead atoms.